The number of unbranched alkanes of at least 4 members (excludes halogenated alkanes) is 1. The molecule has 0 saturated carbocycles. The number of fused-ring (bicyclic) bond motifs is 1. The van der Waals surface area contributed by atoms with Gasteiger partial charge in [0.05, 0.1) is 16.5 Å². The molecule has 2 amide bonds. The molecule has 1 aromatic rings. The third-order valence-corrected chi connectivity index (χ3v) is 5.89. The smallest absolute Gasteiger partial charge is 0.231 e. The van der Waals surface area contributed by atoms with Crippen LogP contribution >= 0.6 is 11.3 Å². The standard InChI is InChI=1S/C18H25N3O3S/c1-4-5-6-21-10-11(7-14(21)23)16(24)20-17-19-12-8-18(2,3)9-13(22)15(12)25-17/h11H,4-10H2,1-3H3,(H,19,20,24). The number of carbonyl (C=O) groups is 3. The van der Waals surface area contributed by atoms with Gasteiger partial charge in [-0.1, -0.05) is 38.5 Å². The third kappa shape index (κ3) is 3.92. The fourth-order valence-electron chi connectivity index (χ4n) is 3.49. The van der Waals surface area contributed by atoms with Crippen molar-refractivity contribution >= 4 is 34.1 Å². The number of aromatic nitrogens is 1. The van der Waals surface area contributed by atoms with Crippen LogP contribution in [0.4, 0.5) is 5.13 Å². The minimum Gasteiger partial charge on any atom is -0.342 e. The number of nitrogens with zero attached hydrogens (tertiary/aromatic N) is 2. The van der Waals surface area contributed by atoms with Crippen LogP contribution in [0.3, 0.4) is 0 Å². The quantitative estimate of drug-likeness (QED) is 0.872. The van der Waals surface area contributed by atoms with Crippen LogP contribution in [-0.4, -0.2) is 40.6 Å². The second kappa shape index (κ2) is 6.86. The highest BCUT2D eigenvalue weighted by molar-refractivity contribution is 7.17. The van der Waals surface area contributed by atoms with Crippen molar-refractivity contribution in [2.75, 3.05) is 18.4 Å². The van der Waals surface area contributed by atoms with Crippen molar-refractivity contribution < 1.29 is 14.4 Å². The Morgan fingerprint density at radius 2 is 2.12 bits per heavy atom. The molecule has 1 saturated heterocycles. The van der Waals surface area contributed by atoms with E-state index in [0.29, 0.717) is 29.5 Å². The normalized spacial score (nSPS) is 22.2. The molecule has 1 aliphatic heterocycles. The van der Waals surface area contributed by atoms with E-state index in [1.165, 1.54) is 11.3 Å². The van der Waals surface area contributed by atoms with E-state index >= 15 is 0 Å². The first kappa shape index (κ1) is 18.0. The molecule has 0 bridgehead atoms. The molecule has 0 spiro atoms. The van der Waals surface area contributed by atoms with E-state index in [1.807, 2.05) is 0 Å². The Morgan fingerprint density at radius 3 is 2.84 bits per heavy atom. The van der Waals surface area contributed by atoms with Gasteiger partial charge in [-0.15, -0.1) is 0 Å². The van der Waals surface area contributed by atoms with Crippen LogP contribution in [0, 0.1) is 11.3 Å². The first-order valence-electron chi connectivity index (χ1n) is 8.90. The number of carbonyl (C=O) groups excluding carboxylic acids is 3. The van der Waals surface area contributed by atoms with E-state index in [2.05, 4.69) is 31.1 Å². The highest BCUT2D eigenvalue weighted by Crippen LogP contribution is 2.38. The molecule has 2 heterocycles. The molecular formula is C18H25N3O3S. The maximum absolute atomic E-state index is 12.5. The first-order chi connectivity index (χ1) is 11.8. The lowest BCUT2D eigenvalue weighted by Gasteiger charge is -2.26. The van der Waals surface area contributed by atoms with Gasteiger partial charge in [-0.2, -0.15) is 0 Å². The van der Waals surface area contributed by atoms with Crippen LogP contribution < -0.4 is 5.32 Å². The van der Waals surface area contributed by atoms with Crippen molar-refractivity contribution in [2.45, 2.75) is 52.9 Å². The molecule has 25 heavy (non-hydrogen) atoms. The summed E-state index contributed by atoms with van der Waals surface area (Å²) in [5, 5.41) is 3.30. The van der Waals surface area contributed by atoms with Crippen LogP contribution in [0.2, 0.25) is 0 Å². The molecule has 1 aromatic heterocycles. The minimum absolute atomic E-state index is 0.0453. The van der Waals surface area contributed by atoms with Crippen LogP contribution in [-0.2, 0) is 16.0 Å². The maximum Gasteiger partial charge on any atom is 0.231 e. The minimum atomic E-state index is -0.336. The molecule has 1 unspecified atom stereocenters. The fourth-order valence-corrected chi connectivity index (χ4v) is 4.42. The first-order valence-corrected chi connectivity index (χ1v) is 9.72. The number of anilines is 1. The van der Waals surface area contributed by atoms with Crippen LogP contribution in [0.5, 0.6) is 0 Å². The van der Waals surface area contributed by atoms with Gasteiger partial charge in [0.25, 0.3) is 0 Å². The lowest BCUT2D eigenvalue weighted by molar-refractivity contribution is -0.128. The van der Waals surface area contributed by atoms with Gasteiger partial charge in [-0.25, -0.2) is 4.98 Å². The molecule has 7 heteroatoms. The van der Waals surface area contributed by atoms with E-state index in [1.54, 1.807) is 4.90 Å². The summed E-state index contributed by atoms with van der Waals surface area (Å²) in [5.41, 5.74) is 0.700. The lowest BCUT2D eigenvalue weighted by Crippen LogP contribution is -2.29. The highest BCUT2D eigenvalue weighted by atomic mass is 32.1. The molecule has 1 aliphatic carbocycles. The average molecular weight is 363 g/mol. The topological polar surface area (TPSA) is 79.4 Å². The number of ketones is 1. The third-order valence-electron chi connectivity index (χ3n) is 4.83. The summed E-state index contributed by atoms with van der Waals surface area (Å²) >= 11 is 1.26. The summed E-state index contributed by atoms with van der Waals surface area (Å²) in [7, 11) is 0. The molecule has 1 atom stereocenters. The Balaban J connectivity index is 1.65. The average Bonchev–Trinajstić information content (AvgIpc) is 3.07. The molecule has 3 rings (SSSR count). The molecule has 1 N–H and O–H groups in total. The maximum atomic E-state index is 12.5. The number of Topliss-reactive ketones (excluding diaryl/α,β-unsaturated/α-hetero) is 1. The Kier molecular flexibility index (Phi) is 4.95. The summed E-state index contributed by atoms with van der Waals surface area (Å²) in [6.45, 7) is 7.38. The number of hydrogen-bond acceptors (Lipinski definition) is 5. The zero-order valence-corrected chi connectivity index (χ0v) is 15.9. The Bertz CT molecular complexity index is 710. The number of likely N-dealkylation sites (tertiary alicyclic amines) is 1. The molecule has 6 nitrogen and oxygen atoms in total. The van der Waals surface area contributed by atoms with Gasteiger partial charge in [0.1, 0.15) is 0 Å². The number of rotatable bonds is 5. The van der Waals surface area contributed by atoms with Gasteiger partial charge < -0.3 is 10.2 Å². The van der Waals surface area contributed by atoms with Crippen molar-refractivity contribution in [3.63, 3.8) is 0 Å². The van der Waals surface area contributed by atoms with Crippen LogP contribution in [0.15, 0.2) is 0 Å². The van der Waals surface area contributed by atoms with Gasteiger partial charge in [-0.05, 0) is 18.3 Å². The summed E-state index contributed by atoms with van der Waals surface area (Å²) in [4.78, 5) is 43.7. The molecule has 1 fully saturated rings. The van der Waals surface area contributed by atoms with E-state index in [9.17, 15) is 14.4 Å². The monoisotopic (exact) mass is 363 g/mol. The van der Waals surface area contributed by atoms with Gasteiger partial charge in [-0.3, -0.25) is 14.4 Å². The van der Waals surface area contributed by atoms with Crippen molar-refractivity contribution in [2.24, 2.45) is 11.3 Å². The van der Waals surface area contributed by atoms with Gasteiger partial charge >= 0.3 is 0 Å². The van der Waals surface area contributed by atoms with Gasteiger partial charge in [0, 0.05) is 25.9 Å². The zero-order chi connectivity index (χ0) is 18.2. The van der Waals surface area contributed by atoms with E-state index in [4.69, 9.17) is 0 Å². The largest absolute Gasteiger partial charge is 0.342 e. The zero-order valence-electron chi connectivity index (χ0n) is 15.1. The second-order valence-corrected chi connectivity index (χ2v) is 8.82. The van der Waals surface area contributed by atoms with Crippen molar-refractivity contribution in [3.8, 4) is 0 Å². The van der Waals surface area contributed by atoms with E-state index < -0.39 is 0 Å². The summed E-state index contributed by atoms with van der Waals surface area (Å²) in [6.07, 6.45) is 3.49. The Morgan fingerprint density at radius 1 is 1.36 bits per heavy atom. The predicted molar refractivity (Wildman–Crippen MR) is 96.8 cm³/mol. The van der Waals surface area contributed by atoms with Gasteiger partial charge in [0.2, 0.25) is 11.8 Å². The van der Waals surface area contributed by atoms with E-state index in [0.717, 1.165) is 25.0 Å². The highest BCUT2D eigenvalue weighted by Gasteiger charge is 2.36. The van der Waals surface area contributed by atoms with Crippen molar-refractivity contribution in [1.29, 1.82) is 0 Å². The summed E-state index contributed by atoms with van der Waals surface area (Å²) in [5.74, 6) is -0.363. The number of thiazole rings is 1. The Hall–Kier alpha value is -1.76. The summed E-state index contributed by atoms with van der Waals surface area (Å²) in [6, 6.07) is 0. The summed E-state index contributed by atoms with van der Waals surface area (Å²) < 4.78 is 0. The van der Waals surface area contributed by atoms with Crippen molar-refractivity contribution in [3.05, 3.63) is 10.6 Å². The van der Waals surface area contributed by atoms with E-state index in [-0.39, 0.29) is 35.4 Å². The molecule has 0 radical (unpaired) electrons. The lowest BCUT2D eigenvalue weighted by atomic mass is 9.78. The molecular weight excluding hydrogens is 338 g/mol. The predicted octanol–water partition coefficient (Wildman–Crippen LogP) is 2.89. The molecule has 0 aromatic carbocycles. The van der Waals surface area contributed by atoms with Crippen LogP contribution in [0.1, 0.15) is 61.8 Å². The SMILES string of the molecule is CCCCN1CC(C(=O)Nc2nc3c(s2)C(=O)CC(C)(C)C3)CC1=O. The van der Waals surface area contributed by atoms with Gasteiger partial charge in [0.15, 0.2) is 10.9 Å². The molecule has 2 aliphatic rings. The number of nitrogens with one attached hydrogen (secondary N) is 1. The second-order valence-electron chi connectivity index (χ2n) is 7.82. The number of hydrogen-bond donors (Lipinski definition) is 1. The van der Waals surface area contributed by atoms with Crippen LogP contribution in [0.25, 0.3) is 0 Å². The Labute approximate surface area is 152 Å². The fraction of sp³-hybridized carbons (Fsp3) is 0.667. The molecule has 136 valence electrons. The number of amides is 2. The van der Waals surface area contributed by atoms with Crippen molar-refractivity contribution in [1.82, 2.24) is 9.88 Å².